The molecule has 2 fully saturated rings. The van der Waals surface area contributed by atoms with Crippen molar-refractivity contribution in [1.29, 1.82) is 0 Å². The van der Waals surface area contributed by atoms with Gasteiger partial charge < -0.3 is 18.9 Å². The number of rotatable bonds is 1. The molecular weight excluding hydrogens is 232 g/mol. The topological polar surface area (TPSA) is 36.9 Å². The van der Waals surface area contributed by atoms with Crippen LogP contribution in [0.5, 0.6) is 0 Å². The minimum atomic E-state index is -0.602. The highest BCUT2D eigenvalue weighted by molar-refractivity contribution is 6.31. The number of hydrogen-bond acceptors (Lipinski definition) is 4. The van der Waals surface area contributed by atoms with Crippen molar-refractivity contribution < 1.29 is 18.9 Å². The first-order valence-corrected chi connectivity index (χ1v) is 5.79. The van der Waals surface area contributed by atoms with Gasteiger partial charge in [-0.3, -0.25) is 0 Å². The van der Waals surface area contributed by atoms with E-state index < -0.39 is 17.7 Å². The third kappa shape index (κ3) is 1.25. The lowest BCUT2D eigenvalue weighted by molar-refractivity contribution is -0.244. The van der Waals surface area contributed by atoms with Crippen molar-refractivity contribution in [1.82, 2.24) is 0 Å². The summed E-state index contributed by atoms with van der Waals surface area (Å²) in [6.07, 6.45) is 1.90. The molecule has 3 rings (SSSR count). The predicted octanol–water partition coefficient (Wildman–Crippen LogP) is 1.77. The van der Waals surface area contributed by atoms with Crippen LogP contribution in [0.3, 0.4) is 0 Å². The summed E-state index contributed by atoms with van der Waals surface area (Å²) < 4.78 is 22.8. The van der Waals surface area contributed by atoms with E-state index in [0.29, 0.717) is 5.03 Å². The van der Waals surface area contributed by atoms with Crippen molar-refractivity contribution in [2.45, 2.75) is 50.2 Å². The summed E-state index contributed by atoms with van der Waals surface area (Å²) in [5.74, 6) is -0.602. The molecule has 0 bridgehead atoms. The number of fused-ring (bicyclic) bond motifs is 2. The molecule has 0 N–H and O–H groups in total. The third-order valence-corrected chi connectivity index (χ3v) is 3.88. The highest BCUT2D eigenvalue weighted by atomic mass is 35.5. The molecule has 0 aromatic rings. The molecule has 2 heterocycles. The average molecular weight is 247 g/mol. The van der Waals surface area contributed by atoms with Crippen molar-refractivity contribution in [2.24, 2.45) is 0 Å². The Hall–Kier alpha value is -0.130. The van der Waals surface area contributed by atoms with E-state index in [1.807, 2.05) is 19.9 Å². The number of ether oxygens (including phenoxy) is 4. The summed E-state index contributed by atoms with van der Waals surface area (Å²) in [5.41, 5.74) is -0.541. The van der Waals surface area contributed by atoms with Gasteiger partial charge in [-0.05, 0) is 13.8 Å². The maximum absolute atomic E-state index is 6.14. The van der Waals surface area contributed by atoms with Crippen molar-refractivity contribution in [3.8, 4) is 0 Å². The highest BCUT2D eigenvalue weighted by Gasteiger charge is 2.66. The van der Waals surface area contributed by atoms with Crippen LogP contribution in [0.1, 0.15) is 20.3 Å². The van der Waals surface area contributed by atoms with Gasteiger partial charge in [-0.2, -0.15) is 0 Å². The van der Waals surface area contributed by atoms with E-state index in [9.17, 15) is 0 Å². The zero-order chi connectivity index (χ0) is 11.6. The average Bonchev–Trinajstić information content (AvgIpc) is 2.68. The second kappa shape index (κ2) is 3.21. The second-order valence-corrected chi connectivity index (χ2v) is 5.30. The first-order chi connectivity index (χ1) is 7.48. The van der Waals surface area contributed by atoms with Crippen molar-refractivity contribution in [2.75, 3.05) is 7.11 Å². The van der Waals surface area contributed by atoms with Crippen LogP contribution < -0.4 is 0 Å². The van der Waals surface area contributed by atoms with Gasteiger partial charge in [0.1, 0.15) is 17.8 Å². The summed E-state index contributed by atoms with van der Waals surface area (Å²) in [6, 6.07) is 0. The van der Waals surface area contributed by atoms with Crippen LogP contribution in [-0.2, 0) is 18.9 Å². The van der Waals surface area contributed by atoms with E-state index in [4.69, 9.17) is 30.5 Å². The molecule has 16 heavy (non-hydrogen) atoms. The van der Waals surface area contributed by atoms with Gasteiger partial charge in [0.15, 0.2) is 12.1 Å². The SMILES string of the molecule is COC1O[C@@]2(CC=C2Cl)C2OC(C)(C)OC12. The molecule has 0 aromatic carbocycles. The molecule has 2 saturated heterocycles. The zero-order valence-corrected chi connectivity index (χ0v) is 10.3. The summed E-state index contributed by atoms with van der Waals surface area (Å²) in [6.45, 7) is 3.78. The molecule has 3 unspecified atom stereocenters. The van der Waals surface area contributed by atoms with Gasteiger partial charge in [-0.15, -0.1) is 0 Å². The van der Waals surface area contributed by atoms with Crippen LogP contribution in [0.25, 0.3) is 0 Å². The monoisotopic (exact) mass is 246 g/mol. The van der Waals surface area contributed by atoms with Crippen molar-refractivity contribution in [3.05, 3.63) is 11.1 Å². The fourth-order valence-corrected chi connectivity index (χ4v) is 2.92. The second-order valence-electron chi connectivity index (χ2n) is 4.89. The molecule has 4 nitrogen and oxygen atoms in total. The lowest BCUT2D eigenvalue weighted by Crippen LogP contribution is -2.47. The zero-order valence-electron chi connectivity index (χ0n) is 9.53. The van der Waals surface area contributed by atoms with E-state index in [0.717, 1.165) is 6.42 Å². The molecule has 0 saturated carbocycles. The van der Waals surface area contributed by atoms with Gasteiger partial charge in [0, 0.05) is 18.6 Å². The van der Waals surface area contributed by atoms with Crippen LogP contribution >= 0.6 is 11.6 Å². The fourth-order valence-electron chi connectivity index (χ4n) is 2.61. The van der Waals surface area contributed by atoms with Gasteiger partial charge in [-0.25, -0.2) is 0 Å². The van der Waals surface area contributed by atoms with E-state index in [2.05, 4.69) is 0 Å². The maximum atomic E-state index is 6.14. The molecule has 5 heteroatoms. The standard InChI is InChI=1S/C11H15ClO4/c1-10(2)14-7-8(15-10)11(5-4-6(11)12)16-9(7)13-3/h4,7-9H,5H2,1-3H3/t7?,8?,9?,11-/m1/s1. The Balaban J connectivity index is 1.93. The maximum Gasteiger partial charge on any atom is 0.187 e. The summed E-state index contributed by atoms with van der Waals surface area (Å²) in [7, 11) is 1.60. The number of halogens is 1. The lowest BCUT2D eigenvalue weighted by atomic mass is 9.83. The molecule has 0 radical (unpaired) electrons. The van der Waals surface area contributed by atoms with Crippen LogP contribution in [0.2, 0.25) is 0 Å². The molecule has 1 spiro atoms. The molecule has 0 amide bonds. The fraction of sp³-hybridized carbons (Fsp3) is 0.818. The Morgan fingerprint density at radius 1 is 1.38 bits per heavy atom. The van der Waals surface area contributed by atoms with Gasteiger partial charge in [0.2, 0.25) is 0 Å². The summed E-state index contributed by atoms with van der Waals surface area (Å²) in [5, 5.41) is 0.698. The van der Waals surface area contributed by atoms with Crippen LogP contribution in [-0.4, -0.2) is 37.0 Å². The molecular formula is C11H15ClO4. The first kappa shape index (κ1) is 11.0. The largest absolute Gasteiger partial charge is 0.353 e. The Morgan fingerprint density at radius 3 is 2.62 bits per heavy atom. The minimum Gasteiger partial charge on any atom is -0.353 e. The van der Waals surface area contributed by atoms with Crippen molar-refractivity contribution in [3.63, 3.8) is 0 Å². The van der Waals surface area contributed by atoms with Crippen molar-refractivity contribution >= 4 is 11.6 Å². The van der Waals surface area contributed by atoms with Gasteiger partial charge in [-0.1, -0.05) is 17.7 Å². The quantitative estimate of drug-likeness (QED) is 0.707. The highest BCUT2D eigenvalue weighted by Crippen LogP contribution is 2.54. The Kier molecular flexibility index (Phi) is 2.20. The van der Waals surface area contributed by atoms with Crippen LogP contribution in [0.4, 0.5) is 0 Å². The predicted molar refractivity (Wildman–Crippen MR) is 57.0 cm³/mol. The minimum absolute atomic E-state index is 0.176. The van der Waals surface area contributed by atoms with E-state index in [1.165, 1.54) is 0 Å². The molecule has 90 valence electrons. The first-order valence-electron chi connectivity index (χ1n) is 5.41. The normalized spacial score (nSPS) is 49.0. The van der Waals surface area contributed by atoms with Gasteiger partial charge in [0.05, 0.1) is 0 Å². The smallest absolute Gasteiger partial charge is 0.187 e. The molecule has 4 atom stereocenters. The van der Waals surface area contributed by atoms with Gasteiger partial charge >= 0.3 is 0 Å². The number of methoxy groups -OCH3 is 1. The van der Waals surface area contributed by atoms with E-state index in [1.54, 1.807) is 7.11 Å². The molecule has 1 aliphatic carbocycles. The van der Waals surface area contributed by atoms with E-state index in [-0.39, 0.29) is 12.2 Å². The van der Waals surface area contributed by atoms with E-state index >= 15 is 0 Å². The Bertz CT molecular complexity index is 354. The third-order valence-electron chi connectivity index (χ3n) is 3.40. The molecule has 0 aromatic heterocycles. The summed E-state index contributed by atoms with van der Waals surface area (Å²) >= 11 is 6.14. The molecule has 2 aliphatic heterocycles. The Labute approximate surface area is 99.4 Å². The van der Waals surface area contributed by atoms with Crippen LogP contribution in [0, 0.1) is 0 Å². The summed E-state index contributed by atoms with van der Waals surface area (Å²) in [4.78, 5) is 0. The molecule has 3 aliphatic rings. The van der Waals surface area contributed by atoms with Crippen LogP contribution in [0.15, 0.2) is 11.1 Å². The lowest BCUT2D eigenvalue weighted by Gasteiger charge is -2.38. The Morgan fingerprint density at radius 2 is 2.12 bits per heavy atom. The van der Waals surface area contributed by atoms with Gasteiger partial charge in [0.25, 0.3) is 0 Å². The number of hydrogen-bond donors (Lipinski definition) is 0.